The summed E-state index contributed by atoms with van der Waals surface area (Å²) in [7, 11) is 0. The van der Waals surface area contributed by atoms with Gasteiger partial charge in [-0.15, -0.1) is 0 Å². The summed E-state index contributed by atoms with van der Waals surface area (Å²) in [4.78, 5) is 11.0. The molecular weight excluding hydrogens is 379 g/mol. The molecule has 1 aromatic carbocycles. The molecular formula is C7H8HgNO3S. The maximum Gasteiger partial charge on any atom is -0.412 e. The zero-order valence-electron chi connectivity index (χ0n) is 7.07. The van der Waals surface area contributed by atoms with E-state index in [4.69, 9.17) is 0 Å². The summed E-state index contributed by atoms with van der Waals surface area (Å²) >= 11 is 4.46. The van der Waals surface area contributed by atoms with Gasteiger partial charge in [0, 0.05) is 0 Å². The Labute approximate surface area is 97.2 Å². The average molecular weight is 387 g/mol. The number of nitro benzene ring substituents is 1. The fraction of sp³-hybridized carbons (Fsp3) is 0.143. The Balaban J connectivity index is 0.00000144. The minimum absolute atomic E-state index is 0. The van der Waals surface area contributed by atoms with Crippen LogP contribution in [0.3, 0.4) is 0 Å². The predicted molar refractivity (Wildman–Crippen MR) is 48.3 cm³/mol. The van der Waals surface area contributed by atoms with E-state index in [9.17, 15) is 10.1 Å². The van der Waals surface area contributed by atoms with E-state index >= 15 is 0 Å². The number of nitrogens with zero attached hydrogens (tertiary/aromatic N) is 1. The molecule has 0 amide bonds. The third-order valence-electron chi connectivity index (χ3n) is 1.74. The van der Waals surface area contributed by atoms with Crippen molar-refractivity contribution in [3.63, 3.8) is 0 Å². The van der Waals surface area contributed by atoms with Gasteiger partial charge >= 0.3 is 92.1 Å². The van der Waals surface area contributed by atoms with Gasteiger partial charge in [-0.2, -0.15) is 0 Å². The topological polar surface area (TPSA) is 74.6 Å². The van der Waals surface area contributed by atoms with Crippen LogP contribution in [-0.4, -0.2) is 10.4 Å². The maximum absolute atomic E-state index is 10.5. The molecule has 0 saturated heterocycles. The first-order valence-electron chi connectivity index (χ1n) is 3.33. The number of rotatable bonds is 1. The molecule has 0 aliphatic carbocycles. The minimum Gasteiger partial charge on any atom is -0.412 e. The molecule has 0 fully saturated rings. The molecule has 1 rings (SSSR count). The van der Waals surface area contributed by atoms with E-state index in [-0.39, 0.29) is 42.2 Å². The standard InChI is InChI=1S/C7H6NO2S.Hg.H2O/c1-5-4-6(8(9)10)2-3-7(5)11;;/h2-3,11H,1H3;;1H2. The van der Waals surface area contributed by atoms with Crippen molar-refractivity contribution in [3.05, 3.63) is 27.8 Å². The van der Waals surface area contributed by atoms with E-state index in [0.29, 0.717) is 0 Å². The molecule has 13 heavy (non-hydrogen) atoms. The van der Waals surface area contributed by atoms with Crippen LogP contribution in [-0.2, 0) is 26.1 Å². The fourth-order valence-electron chi connectivity index (χ4n) is 0.901. The van der Waals surface area contributed by atoms with Crippen molar-refractivity contribution >= 4 is 21.4 Å². The van der Waals surface area contributed by atoms with Gasteiger partial charge in [0.15, 0.2) is 0 Å². The van der Waals surface area contributed by atoms with Crippen molar-refractivity contribution in [1.82, 2.24) is 0 Å². The monoisotopic (exact) mass is 388 g/mol. The Hall–Kier alpha value is -0.135. The summed E-state index contributed by atoms with van der Waals surface area (Å²) in [6.07, 6.45) is 0. The smallest absolute Gasteiger partial charge is 0.412 e. The fourth-order valence-corrected chi connectivity index (χ4v) is 3.39. The molecule has 1 aromatic rings. The van der Waals surface area contributed by atoms with Crippen LogP contribution in [0.1, 0.15) is 5.56 Å². The second kappa shape index (κ2) is 4.92. The van der Waals surface area contributed by atoms with Crippen LogP contribution in [0.25, 0.3) is 0 Å². The summed E-state index contributed by atoms with van der Waals surface area (Å²) < 4.78 is 0.882. The first-order valence-corrected chi connectivity index (χ1v) is 6.52. The van der Waals surface area contributed by atoms with Crippen LogP contribution in [0, 0.1) is 17.0 Å². The molecule has 4 nitrogen and oxygen atoms in total. The summed E-state index contributed by atoms with van der Waals surface area (Å²) in [6.45, 7) is 1.87. The summed E-state index contributed by atoms with van der Waals surface area (Å²) in [5.41, 5.74) is 1.20. The maximum atomic E-state index is 10.5. The van der Waals surface area contributed by atoms with Crippen LogP contribution in [0.4, 0.5) is 5.69 Å². The van der Waals surface area contributed by atoms with Gasteiger partial charge in [-0.1, -0.05) is 0 Å². The Morgan fingerprint density at radius 2 is 2.08 bits per heavy atom. The Morgan fingerprint density at radius 1 is 1.54 bits per heavy atom. The summed E-state index contributed by atoms with van der Waals surface area (Å²) in [5, 5.41) is 10.5. The van der Waals surface area contributed by atoms with Crippen LogP contribution >= 0.6 is 12.6 Å². The Morgan fingerprint density at radius 3 is 2.54 bits per heavy atom. The van der Waals surface area contributed by atoms with Gasteiger partial charge in [-0.05, 0) is 0 Å². The molecule has 0 radical (unpaired) electrons. The molecule has 0 heterocycles. The molecule has 0 aliphatic heterocycles. The van der Waals surface area contributed by atoms with Crippen molar-refractivity contribution in [3.8, 4) is 0 Å². The first-order chi connectivity index (χ1) is 5.54. The quantitative estimate of drug-likeness (QED) is 0.331. The van der Waals surface area contributed by atoms with Crippen LogP contribution in [0.2, 0.25) is 0 Å². The predicted octanol–water partition coefficient (Wildman–Crippen LogP) is 0.539. The van der Waals surface area contributed by atoms with Crippen molar-refractivity contribution in [2.45, 2.75) is 11.8 Å². The second-order valence-corrected chi connectivity index (χ2v) is 5.70. The third-order valence-corrected chi connectivity index (χ3v) is 5.70. The molecule has 0 aliphatic rings. The first kappa shape index (κ1) is 12.9. The molecule has 0 spiro atoms. The van der Waals surface area contributed by atoms with E-state index in [2.05, 4.69) is 12.6 Å². The SMILES string of the molecule is Cc1c(S)ccc([N+](=O)[O-])[c]1[Hg].O. The van der Waals surface area contributed by atoms with E-state index < -0.39 is 0 Å². The van der Waals surface area contributed by atoms with Gasteiger partial charge < -0.3 is 5.48 Å². The number of thiol groups is 1. The van der Waals surface area contributed by atoms with Gasteiger partial charge in [0.25, 0.3) is 0 Å². The third kappa shape index (κ3) is 2.65. The molecule has 0 bridgehead atoms. The van der Waals surface area contributed by atoms with Crippen LogP contribution in [0.15, 0.2) is 17.0 Å². The number of hydrogen-bond donors (Lipinski definition) is 1. The molecule has 0 unspecified atom stereocenters. The van der Waals surface area contributed by atoms with Crippen LogP contribution in [0.5, 0.6) is 0 Å². The Kier molecular flexibility index (Phi) is 4.87. The normalized spacial score (nSPS) is 9.23. The average Bonchev–Trinajstić information content (AvgIpc) is 2.00. The molecule has 0 aromatic heterocycles. The molecule has 6 heteroatoms. The van der Waals surface area contributed by atoms with Crippen molar-refractivity contribution < 1.29 is 36.5 Å². The Bertz CT molecular complexity index is 343. The van der Waals surface area contributed by atoms with E-state index in [0.717, 1.165) is 13.5 Å². The second-order valence-electron chi connectivity index (χ2n) is 2.46. The van der Waals surface area contributed by atoms with Crippen LogP contribution < -0.4 is 3.07 Å². The van der Waals surface area contributed by atoms with Crippen molar-refractivity contribution in [1.29, 1.82) is 0 Å². The van der Waals surface area contributed by atoms with E-state index in [1.165, 1.54) is 6.07 Å². The number of benzene rings is 1. The van der Waals surface area contributed by atoms with E-state index in [1.807, 2.05) is 6.92 Å². The zero-order chi connectivity index (χ0) is 9.30. The van der Waals surface area contributed by atoms with Gasteiger partial charge in [0.05, 0.1) is 0 Å². The van der Waals surface area contributed by atoms with Crippen molar-refractivity contribution in [2.24, 2.45) is 0 Å². The van der Waals surface area contributed by atoms with E-state index in [1.54, 1.807) is 6.07 Å². The van der Waals surface area contributed by atoms with Gasteiger partial charge in [0.1, 0.15) is 0 Å². The van der Waals surface area contributed by atoms with Gasteiger partial charge in [0.2, 0.25) is 0 Å². The molecule has 2 N–H and O–H groups in total. The zero-order valence-corrected chi connectivity index (χ0v) is 13.5. The molecule has 0 saturated carbocycles. The van der Waals surface area contributed by atoms with Gasteiger partial charge in [-0.25, -0.2) is 0 Å². The number of nitro groups is 1. The van der Waals surface area contributed by atoms with Crippen molar-refractivity contribution in [2.75, 3.05) is 0 Å². The number of hydrogen-bond acceptors (Lipinski definition) is 3. The summed E-state index contributed by atoms with van der Waals surface area (Å²) in [5.74, 6) is 0. The minimum atomic E-state index is -0.331. The molecule has 0 atom stereocenters. The van der Waals surface area contributed by atoms with Gasteiger partial charge in [-0.3, -0.25) is 0 Å². The summed E-state index contributed by atoms with van der Waals surface area (Å²) in [6, 6.07) is 3.20. The molecule has 67 valence electrons. The largest absolute Gasteiger partial charge is 0.412 e.